The Morgan fingerprint density at radius 1 is 1.56 bits per heavy atom. The fourth-order valence-electron chi connectivity index (χ4n) is 0.818. The second-order valence-electron chi connectivity index (χ2n) is 2.39. The van der Waals surface area contributed by atoms with Crippen molar-refractivity contribution in [3.8, 4) is 0 Å². The molecular formula is C8H11Gd-. The fourth-order valence-corrected chi connectivity index (χ4v) is 0.818. The van der Waals surface area contributed by atoms with Crippen molar-refractivity contribution in [2.24, 2.45) is 5.92 Å². The monoisotopic (exact) mass is 265 g/mol. The van der Waals surface area contributed by atoms with Gasteiger partial charge >= 0.3 is 0 Å². The van der Waals surface area contributed by atoms with E-state index in [0.29, 0.717) is 5.92 Å². The van der Waals surface area contributed by atoms with Gasteiger partial charge in [0.1, 0.15) is 0 Å². The summed E-state index contributed by atoms with van der Waals surface area (Å²) in [5, 5.41) is 0. The molecule has 0 bridgehead atoms. The first kappa shape index (κ1) is 9.80. The van der Waals surface area contributed by atoms with Gasteiger partial charge in [-0.05, 0) is 0 Å². The van der Waals surface area contributed by atoms with Crippen LogP contribution in [0.4, 0.5) is 0 Å². The van der Waals surface area contributed by atoms with E-state index in [1.807, 2.05) is 0 Å². The Hall–Kier alpha value is 0.805. The van der Waals surface area contributed by atoms with Crippen LogP contribution in [0.5, 0.6) is 0 Å². The van der Waals surface area contributed by atoms with E-state index in [0.717, 1.165) is 6.42 Å². The Kier molecular flexibility index (Phi) is 5.00. The van der Waals surface area contributed by atoms with Crippen LogP contribution in [0.1, 0.15) is 20.3 Å². The van der Waals surface area contributed by atoms with Crippen LogP contribution in [0.2, 0.25) is 0 Å². The Bertz CT molecular complexity index is 132. The van der Waals surface area contributed by atoms with Crippen LogP contribution in [0, 0.1) is 51.9 Å². The normalized spacial score (nSPS) is 15.7. The summed E-state index contributed by atoms with van der Waals surface area (Å²) in [7, 11) is 0. The van der Waals surface area contributed by atoms with Gasteiger partial charge in [0.2, 0.25) is 0 Å². The third kappa shape index (κ3) is 2.93. The van der Waals surface area contributed by atoms with Crippen LogP contribution in [-0.2, 0) is 0 Å². The van der Waals surface area contributed by atoms with Crippen molar-refractivity contribution < 1.29 is 39.9 Å². The molecule has 1 rings (SSSR count). The van der Waals surface area contributed by atoms with E-state index in [4.69, 9.17) is 0 Å². The summed E-state index contributed by atoms with van der Waals surface area (Å²) in [4.78, 5) is 0. The molecule has 1 heteroatoms. The van der Waals surface area contributed by atoms with Crippen LogP contribution in [-0.4, -0.2) is 0 Å². The quantitative estimate of drug-likeness (QED) is 0.638. The second-order valence-corrected chi connectivity index (χ2v) is 2.39. The van der Waals surface area contributed by atoms with Gasteiger partial charge in [-0.1, -0.05) is 19.8 Å². The Labute approximate surface area is 89.1 Å². The van der Waals surface area contributed by atoms with Crippen molar-refractivity contribution in [1.82, 2.24) is 0 Å². The maximum atomic E-state index is 3.26. The maximum Gasteiger partial charge on any atom is 0 e. The van der Waals surface area contributed by atoms with Gasteiger partial charge in [-0.3, -0.25) is 6.08 Å². The SMILES string of the molecule is CC(C)C1=[C-]CC=C1.[Gd]. The van der Waals surface area contributed by atoms with E-state index < -0.39 is 0 Å². The van der Waals surface area contributed by atoms with E-state index in [9.17, 15) is 0 Å². The van der Waals surface area contributed by atoms with Crippen molar-refractivity contribution >= 4 is 0 Å². The zero-order valence-electron chi connectivity index (χ0n) is 5.79. The number of rotatable bonds is 1. The molecule has 0 fully saturated rings. The summed E-state index contributed by atoms with van der Waals surface area (Å²) in [6.07, 6.45) is 8.59. The molecule has 0 unspecified atom stereocenters. The van der Waals surface area contributed by atoms with E-state index >= 15 is 0 Å². The van der Waals surface area contributed by atoms with Crippen molar-refractivity contribution in [2.75, 3.05) is 0 Å². The van der Waals surface area contributed by atoms with Gasteiger partial charge in [-0.25, -0.2) is 11.6 Å². The molecule has 52 valence electrons. The molecule has 0 N–H and O–H groups in total. The van der Waals surface area contributed by atoms with Gasteiger partial charge in [0.15, 0.2) is 0 Å². The van der Waals surface area contributed by atoms with Crippen LogP contribution in [0.15, 0.2) is 17.7 Å². The third-order valence-electron chi connectivity index (χ3n) is 1.34. The third-order valence-corrected chi connectivity index (χ3v) is 1.34. The number of hydrogen-bond donors (Lipinski definition) is 0. The summed E-state index contributed by atoms with van der Waals surface area (Å²) in [5.41, 5.74) is 1.37. The minimum atomic E-state index is 0. The Balaban J connectivity index is 0.000000640. The van der Waals surface area contributed by atoms with Crippen molar-refractivity contribution in [3.05, 3.63) is 23.8 Å². The van der Waals surface area contributed by atoms with Gasteiger partial charge < -0.3 is 0 Å². The van der Waals surface area contributed by atoms with E-state index in [2.05, 4.69) is 32.1 Å². The number of hydrogen-bond acceptors (Lipinski definition) is 0. The van der Waals surface area contributed by atoms with Gasteiger partial charge in [-0.15, -0.1) is 6.42 Å². The molecule has 1 aliphatic carbocycles. The molecule has 0 aromatic carbocycles. The predicted octanol–water partition coefficient (Wildman–Crippen LogP) is 2.33. The maximum absolute atomic E-state index is 3.26. The zero-order chi connectivity index (χ0) is 5.98. The van der Waals surface area contributed by atoms with E-state index in [1.165, 1.54) is 5.57 Å². The standard InChI is InChI=1S/C8H11.Gd/c1-7(2)8-5-3-4-6-8;/h3,5,7H,4H2,1-2H3;/q-1;. The molecular weight excluding hydrogens is 253 g/mol. The minimum Gasteiger partial charge on any atom is -0.269 e. The zero-order valence-corrected chi connectivity index (χ0v) is 8.06. The van der Waals surface area contributed by atoms with E-state index in [-0.39, 0.29) is 39.9 Å². The second kappa shape index (κ2) is 4.59. The van der Waals surface area contributed by atoms with Crippen LogP contribution < -0.4 is 0 Å². The molecule has 0 aromatic heterocycles. The molecule has 9 heavy (non-hydrogen) atoms. The molecule has 0 amide bonds. The van der Waals surface area contributed by atoms with Crippen LogP contribution >= 0.6 is 0 Å². The van der Waals surface area contributed by atoms with Gasteiger partial charge in [0, 0.05) is 39.9 Å². The molecule has 0 saturated carbocycles. The Morgan fingerprint density at radius 2 is 2.22 bits per heavy atom. The summed E-state index contributed by atoms with van der Waals surface area (Å²) < 4.78 is 0. The average molecular weight is 264 g/mol. The van der Waals surface area contributed by atoms with Crippen molar-refractivity contribution in [2.45, 2.75) is 20.3 Å². The van der Waals surface area contributed by atoms with Crippen LogP contribution in [0.3, 0.4) is 0 Å². The smallest absolute Gasteiger partial charge is 0 e. The minimum absolute atomic E-state index is 0. The summed E-state index contributed by atoms with van der Waals surface area (Å²) >= 11 is 0. The first-order chi connectivity index (χ1) is 3.80. The van der Waals surface area contributed by atoms with Crippen molar-refractivity contribution in [1.29, 1.82) is 0 Å². The van der Waals surface area contributed by atoms with Gasteiger partial charge in [0.25, 0.3) is 0 Å². The van der Waals surface area contributed by atoms with E-state index in [1.54, 1.807) is 0 Å². The predicted molar refractivity (Wildman–Crippen MR) is 35.4 cm³/mol. The van der Waals surface area contributed by atoms with Crippen LogP contribution in [0.25, 0.3) is 0 Å². The molecule has 0 saturated heterocycles. The first-order valence-electron chi connectivity index (χ1n) is 3.08. The van der Waals surface area contributed by atoms with Gasteiger partial charge in [0.05, 0.1) is 0 Å². The summed E-state index contributed by atoms with van der Waals surface area (Å²) in [6.45, 7) is 4.38. The van der Waals surface area contributed by atoms with Gasteiger partial charge in [-0.2, -0.15) is 6.08 Å². The molecule has 0 atom stereocenters. The molecule has 0 nitrogen and oxygen atoms in total. The molecule has 0 radical (unpaired) electrons. The molecule has 0 heterocycles. The fraction of sp³-hybridized carbons (Fsp3) is 0.500. The number of allylic oxidation sites excluding steroid dienone is 4. The summed E-state index contributed by atoms with van der Waals surface area (Å²) in [5.74, 6) is 0.661. The molecule has 0 aromatic rings. The van der Waals surface area contributed by atoms with Crippen molar-refractivity contribution in [3.63, 3.8) is 0 Å². The first-order valence-corrected chi connectivity index (χ1v) is 3.08. The largest absolute Gasteiger partial charge is 0.269 e. The Morgan fingerprint density at radius 3 is 2.44 bits per heavy atom. The molecule has 1 aliphatic rings. The molecule has 0 spiro atoms. The average Bonchev–Trinajstić information content (AvgIpc) is 2.12. The topological polar surface area (TPSA) is 0 Å². The molecule has 0 aliphatic heterocycles. The summed E-state index contributed by atoms with van der Waals surface area (Å²) in [6, 6.07) is 0.